The molecule has 5 N–H and O–H groups in total. The molecule has 71 heavy (non-hydrogen) atoms. The van der Waals surface area contributed by atoms with Gasteiger partial charge in [-0.2, -0.15) is 33.7 Å². The second-order valence-electron chi connectivity index (χ2n) is 17.1. The quantitative estimate of drug-likeness (QED) is 0.0178. The summed E-state index contributed by atoms with van der Waals surface area (Å²) in [5, 5.41) is 2.69. The summed E-state index contributed by atoms with van der Waals surface area (Å²) >= 11 is 2.00. The first-order valence-electron chi connectivity index (χ1n) is 22.2. The Morgan fingerprint density at radius 2 is 1.39 bits per heavy atom. The second-order valence-corrected chi connectivity index (χ2v) is 24.3. The maximum Gasteiger partial charge on any atom is 0.294 e. The average molecular weight is 1180 g/mol. The number of fused-ring (bicyclic) bond motifs is 1. The molecule has 0 radical (unpaired) electrons. The Balaban J connectivity index is 1.65. The number of ether oxygens (including phenoxy) is 1. The lowest BCUT2D eigenvalue weighted by atomic mass is 9.74. The van der Waals surface area contributed by atoms with Gasteiger partial charge in [-0.1, -0.05) is 36.8 Å². The molecule has 2 aromatic rings. The Labute approximate surface area is 429 Å². The molecule has 0 spiro atoms. The Bertz CT molecular complexity index is 2940. The van der Waals surface area contributed by atoms with E-state index < -0.39 is 79.5 Å². The lowest BCUT2D eigenvalue weighted by Gasteiger charge is -2.32. The Morgan fingerprint density at radius 3 is 2.03 bits per heavy atom. The zero-order chi connectivity index (χ0) is 52.8. The molecule has 0 fully saturated rings. The van der Waals surface area contributed by atoms with Gasteiger partial charge in [0, 0.05) is 83.4 Å². The predicted molar refractivity (Wildman–Crippen MR) is 276 cm³/mol. The number of imide groups is 1. The molecule has 390 valence electrons. The first kappa shape index (κ1) is 59.1. The van der Waals surface area contributed by atoms with Crippen LogP contribution in [0.2, 0.25) is 0 Å². The molecule has 2 aliphatic heterocycles. The predicted octanol–water partition coefficient (Wildman–Crippen LogP) is 5.40. The van der Waals surface area contributed by atoms with Gasteiger partial charge in [-0.25, -0.2) is 0 Å². The molecule has 0 aromatic heterocycles. The van der Waals surface area contributed by atoms with Crippen molar-refractivity contribution in [3.8, 4) is 0 Å². The number of carbonyl (C=O) groups excluding carboxylic acids is 3. The number of allylic oxidation sites excluding steroid dienone is 8. The molecule has 2 aromatic carbocycles. The maximum atomic E-state index is 12.5. The van der Waals surface area contributed by atoms with E-state index in [1.54, 1.807) is 62.4 Å². The van der Waals surface area contributed by atoms with Crippen molar-refractivity contribution < 1.29 is 71.0 Å². The summed E-state index contributed by atoms with van der Waals surface area (Å²) in [5.41, 5.74) is 0.374. The van der Waals surface area contributed by atoms with Crippen LogP contribution in [0.5, 0.6) is 0 Å². The van der Waals surface area contributed by atoms with Crippen LogP contribution in [0.25, 0.3) is 0 Å². The standard InChI is InChI=1S/C46H59IN4O16S4/c1-45(23-12-30-68(55,56)57,36-32-34(70(61,62)63)17-19-38(36)47)40(48-25-11-7-10-16-42(52)49-26-27-51-43(53)21-22-44(51)54)14-8-5-4-6-9-15-41-46(2,24-13-31-69(58,59)60)37-33-35(71(64,65)66)18-20-39(37)50(41)28-29-67-3/h4-6,8-9,14-15,17-22,32-33H,7,10-13,16,23-31H2,1-3H3,(H,49,52)(H,55,56,57)(H,58,59,60)(H,61,62,63)(H,64,65,66)/b5-4+,9-6+,14-8+,41-15+,48-40?. The number of methoxy groups -OCH3 is 1. The summed E-state index contributed by atoms with van der Waals surface area (Å²) in [5.74, 6) is -2.31. The van der Waals surface area contributed by atoms with Gasteiger partial charge in [0.15, 0.2) is 0 Å². The summed E-state index contributed by atoms with van der Waals surface area (Å²) in [6, 6.07) is 8.17. The molecule has 0 saturated heterocycles. The molecule has 0 aliphatic carbocycles. The van der Waals surface area contributed by atoms with Crippen molar-refractivity contribution in [2.24, 2.45) is 4.99 Å². The van der Waals surface area contributed by atoms with Gasteiger partial charge < -0.3 is 15.0 Å². The van der Waals surface area contributed by atoms with Crippen LogP contribution in [-0.2, 0) is 70.4 Å². The van der Waals surface area contributed by atoms with Crippen LogP contribution in [0.1, 0.15) is 76.3 Å². The minimum absolute atomic E-state index is 0.0107. The van der Waals surface area contributed by atoms with Crippen molar-refractivity contribution >= 4 is 92.2 Å². The molecule has 2 aliphatic rings. The van der Waals surface area contributed by atoms with Gasteiger partial charge in [0.05, 0.1) is 27.9 Å². The maximum absolute atomic E-state index is 12.5. The van der Waals surface area contributed by atoms with E-state index in [1.807, 2.05) is 27.5 Å². The zero-order valence-corrected chi connectivity index (χ0v) is 44.7. The van der Waals surface area contributed by atoms with Crippen molar-refractivity contribution in [1.82, 2.24) is 10.2 Å². The fourth-order valence-corrected chi connectivity index (χ4v) is 11.3. The van der Waals surface area contributed by atoms with E-state index in [0.717, 1.165) is 17.1 Å². The van der Waals surface area contributed by atoms with Crippen LogP contribution in [0.3, 0.4) is 0 Å². The highest BCUT2D eigenvalue weighted by atomic mass is 127. The van der Waals surface area contributed by atoms with Crippen LogP contribution in [0.4, 0.5) is 5.69 Å². The molecule has 0 bridgehead atoms. The molecule has 2 heterocycles. The third-order valence-electron chi connectivity index (χ3n) is 11.9. The van der Waals surface area contributed by atoms with Gasteiger partial charge in [-0.15, -0.1) is 0 Å². The molecule has 3 amide bonds. The number of rotatable bonds is 28. The van der Waals surface area contributed by atoms with Gasteiger partial charge in [-0.05, 0) is 135 Å². The number of hydrogen-bond acceptors (Lipinski definition) is 14. The summed E-state index contributed by atoms with van der Waals surface area (Å²) in [6.07, 6.45) is 16.0. The first-order chi connectivity index (χ1) is 33.1. The van der Waals surface area contributed by atoms with E-state index in [-0.39, 0.29) is 69.1 Å². The summed E-state index contributed by atoms with van der Waals surface area (Å²) in [4.78, 5) is 43.1. The van der Waals surface area contributed by atoms with Crippen LogP contribution in [0, 0.1) is 3.57 Å². The van der Waals surface area contributed by atoms with Gasteiger partial charge in [0.1, 0.15) is 0 Å². The topological polar surface area (TPSA) is 309 Å². The van der Waals surface area contributed by atoms with Gasteiger partial charge in [-0.3, -0.25) is 42.5 Å². The Kier molecular flexibility index (Phi) is 21.2. The highest BCUT2D eigenvalue weighted by molar-refractivity contribution is 14.1. The molecular weight excluding hydrogens is 1120 g/mol. The molecular formula is C46H59IN4O16S4. The van der Waals surface area contributed by atoms with E-state index >= 15 is 0 Å². The molecule has 2 atom stereocenters. The number of halogens is 1. The fraction of sp³-hybridized carbons (Fsp3) is 0.435. The largest absolute Gasteiger partial charge is 0.383 e. The number of hydrogen-bond donors (Lipinski definition) is 5. The number of unbranched alkanes of at least 4 members (excludes halogenated alkanes) is 2. The number of anilines is 1. The third kappa shape index (κ3) is 17.3. The smallest absolute Gasteiger partial charge is 0.294 e. The Hall–Kier alpha value is -4.45. The second kappa shape index (κ2) is 25.5. The van der Waals surface area contributed by atoms with Crippen molar-refractivity contribution in [2.45, 2.75) is 85.8 Å². The minimum Gasteiger partial charge on any atom is -0.383 e. The van der Waals surface area contributed by atoms with Crippen LogP contribution in [-0.4, -0.2) is 132 Å². The van der Waals surface area contributed by atoms with Crippen molar-refractivity contribution in [3.63, 3.8) is 0 Å². The molecule has 2 unspecified atom stereocenters. The number of nitrogens with zero attached hydrogens (tertiary/aromatic N) is 3. The van der Waals surface area contributed by atoms with E-state index in [2.05, 4.69) is 5.32 Å². The van der Waals surface area contributed by atoms with Crippen LogP contribution < -0.4 is 10.2 Å². The monoisotopic (exact) mass is 1180 g/mol. The van der Waals surface area contributed by atoms with Crippen LogP contribution in [0.15, 0.2) is 112 Å². The Morgan fingerprint density at radius 1 is 0.789 bits per heavy atom. The molecule has 25 heteroatoms. The summed E-state index contributed by atoms with van der Waals surface area (Å²) < 4.78 is 141. The number of nitrogens with one attached hydrogen (secondary N) is 1. The molecule has 0 saturated carbocycles. The number of carbonyl (C=O) groups is 3. The average Bonchev–Trinajstić information content (AvgIpc) is 3.70. The highest BCUT2D eigenvalue weighted by Crippen LogP contribution is 2.51. The van der Waals surface area contributed by atoms with Gasteiger partial charge in [0.25, 0.3) is 52.3 Å². The van der Waals surface area contributed by atoms with Gasteiger partial charge in [0.2, 0.25) is 5.91 Å². The van der Waals surface area contributed by atoms with Crippen molar-refractivity contribution in [1.29, 1.82) is 0 Å². The zero-order valence-electron chi connectivity index (χ0n) is 39.3. The van der Waals surface area contributed by atoms with Crippen molar-refractivity contribution in [3.05, 3.63) is 111 Å². The SMILES string of the molecule is COCCN1/C(=C/C=C/C=C/C=C/C(=NCCCCCC(=O)NCCN2C(=O)C=CC2=O)C(C)(CCCS(=O)(=O)O)c2cc(S(=O)(=O)O)ccc2I)C(C)(CCCS(=O)(=O)O)c2cc(S(=O)(=O)O)ccc21. The van der Waals surface area contributed by atoms with Gasteiger partial charge >= 0.3 is 0 Å². The lowest BCUT2D eigenvalue weighted by molar-refractivity contribution is -0.137. The van der Waals surface area contributed by atoms with E-state index in [4.69, 9.17) is 9.73 Å². The normalized spacial score (nSPS) is 18.5. The van der Waals surface area contributed by atoms with Crippen molar-refractivity contribution in [2.75, 3.05) is 56.3 Å². The number of benzene rings is 2. The molecule has 20 nitrogen and oxygen atoms in total. The fourth-order valence-electron chi connectivity index (χ4n) is 8.30. The van der Waals surface area contributed by atoms with E-state index in [9.17, 15) is 66.3 Å². The first-order valence-corrected chi connectivity index (χ1v) is 29.4. The summed E-state index contributed by atoms with van der Waals surface area (Å²) in [6.45, 7) is 4.48. The van der Waals surface area contributed by atoms with E-state index in [1.165, 1.54) is 37.4 Å². The highest BCUT2D eigenvalue weighted by Gasteiger charge is 2.44. The number of aliphatic imine (C=N–C) groups is 1. The lowest BCUT2D eigenvalue weighted by Crippen LogP contribution is -2.38. The van der Waals surface area contributed by atoms with Crippen LogP contribution >= 0.6 is 22.6 Å². The third-order valence-corrected chi connectivity index (χ3v) is 16.2. The minimum atomic E-state index is -4.67. The van der Waals surface area contributed by atoms with E-state index in [0.29, 0.717) is 57.6 Å². The number of amides is 3. The summed E-state index contributed by atoms with van der Waals surface area (Å²) in [7, 11) is -16.5. The molecule has 4 rings (SSSR count).